The van der Waals surface area contributed by atoms with E-state index < -0.39 is 0 Å². The van der Waals surface area contributed by atoms with Crippen LogP contribution in [0.3, 0.4) is 0 Å². The van der Waals surface area contributed by atoms with Gasteiger partial charge in [0, 0.05) is 12.4 Å². The predicted molar refractivity (Wildman–Crippen MR) is 89.5 cm³/mol. The van der Waals surface area contributed by atoms with E-state index in [2.05, 4.69) is 61.4 Å². The lowest BCUT2D eigenvalue weighted by Crippen LogP contribution is -2.24. The molecule has 112 valence electrons. The van der Waals surface area contributed by atoms with Crippen LogP contribution in [0.5, 0.6) is 0 Å². The monoisotopic (exact) mass is 282 g/mol. The number of hydrogen-bond donors (Lipinski definition) is 1. The van der Waals surface area contributed by atoms with Crippen LogP contribution < -0.4 is 5.32 Å². The molecule has 0 fully saturated rings. The quantitative estimate of drug-likeness (QED) is 0.812. The minimum Gasteiger partial charge on any atom is -0.306 e. The maximum atomic E-state index is 4.32. The molecule has 1 aromatic carbocycles. The molecular formula is C19H26N2. The Hall–Kier alpha value is -1.67. The minimum atomic E-state index is 0.232. The summed E-state index contributed by atoms with van der Waals surface area (Å²) in [7, 11) is 0. The van der Waals surface area contributed by atoms with E-state index in [1.54, 1.807) is 0 Å². The van der Waals surface area contributed by atoms with E-state index in [-0.39, 0.29) is 6.04 Å². The molecule has 0 aliphatic rings. The lowest BCUT2D eigenvalue weighted by molar-refractivity contribution is 0.594. The second kappa shape index (κ2) is 7.94. The van der Waals surface area contributed by atoms with Gasteiger partial charge in [-0.2, -0.15) is 0 Å². The summed E-state index contributed by atoms with van der Waals surface area (Å²) in [4.78, 5) is 4.32. The van der Waals surface area contributed by atoms with Crippen molar-refractivity contribution >= 4 is 0 Å². The van der Waals surface area contributed by atoms with Gasteiger partial charge in [0.15, 0.2) is 0 Å². The molecule has 0 aliphatic carbocycles. The largest absolute Gasteiger partial charge is 0.306 e. The van der Waals surface area contributed by atoms with Crippen LogP contribution in [0.25, 0.3) is 0 Å². The van der Waals surface area contributed by atoms with Crippen LogP contribution >= 0.6 is 0 Å². The third-order valence-electron chi connectivity index (χ3n) is 3.81. The standard InChI is InChI=1S/C19H26N2/c1-4-7-16-8-6-9-17(13-16)19(21-11-5-2)18-14-20-12-10-15(18)3/h6,8-10,12-14,19,21H,4-5,7,11H2,1-3H3. The number of nitrogens with zero attached hydrogens (tertiary/aromatic N) is 1. The second-order valence-corrected chi connectivity index (χ2v) is 5.61. The van der Waals surface area contributed by atoms with Crippen LogP contribution in [0, 0.1) is 6.92 Å². The van der Waals surface area contributed by atoms with Gasteiger partial charge in [0.2, 0.25) is 0 Å². The van der Waals surface area contributed by atoms with Gasteiger partial charge in [0.05, 0.1) is 6.04 Å². The van der Waals surface area contributed by atoms with Crippen LogP contribution in [-0.4, -0.2) is 11.5 Å². The van der Waals surface area contributed by atoms with Crippen LogP contribution in [0.15, 0.2) is 42.7 Å². The average molecular weight is 282 g/mol. The Kier molecular flexibility index (Phi) is 5.94. The zero-order valence-corrected chi connectivity index (χ0v) is 13.4. The number of benzene rings is 1. The molecular weight excluding hydrogens is 256 g/mol. The molecule has 1 aromatic heterocycles. The highest BCUT2D eigenvalue weighted by molar-refractivity contribution is 5.36. The fourth-order valence-corrected chi connectivity index (χ4v) is 2.69. The number of aromatic nitrogens is 1. The lowest BCUT2D eigenvalue weighted by Gasteiger charge is -2.21. The maximum absolute atomic E-state index is 4.32. The van der Waals surface area contributed by atoms with Gasteiger partial charge in [0.25, 0.3) is 0 Å². The summed E-state index contributed by atoms with van der Waals surface area (Å²) in [6.45, 7) is 7.60. The maximum Gasteiger partial charge on any atom is 0.0594 e. The first kappa shape index (κ1) is 15.7. The van der Waals surface area contributed by atoms with Crippen LogP contribution in [0.1, 0.15) is 55.0 Å². The highest BCUT2D eigenvalue weighted by atomic mass is 14.9. The zero-order chi connectivity index (χ0) is 15.1. The molecule has 2 nitrogen and oxygen atoms in total. The molecule has 0 bridgehead atoms. The van der Waals surface area contributed by atoms with E-state index in [4.69, 9.17) is 0 Å². The Bertz CT molecular complexity index is 563. The second-order valence-electron chi connectivity index (χ2n) is 5.61. The van der Waals surface area contributed by atoms with Crippen LogP contribution in [0.2, 0.25) is 0 Å². The number of pyridine rings is 1. The van der Waals surface area contributed by atoms with E-state index in [9.17, 15) is 0 Å². The number of rotatable bonds is 7. The number of hydrogen-bond acceptors (Lipinski definition) is 2. The molecule has 0 radical (unpaired) electrons. The van der Waals surface area contributed by atoms with Crippen molar-refractivity contribution in [3.8, 4) is 0 Å². The SMILES string of the molecule is CCCNC(c1cccc(CCC)c1)c1cnccc1C. The van der Waals surface area contributed by atoms with Gasteiger partial charge in [-0.25, -0.2) is 0 Å². The summed E-state index contributed by atoms with van der Waals surface area (Å²) in [6, 6.07) is 11.3. The number of aryl methyl sites for hydroxylation is 2. The zero-order valence-electron chi connectivity index (χ0n) is 13.4. The third kappa shape index (κ3) is 4.15. The normalized spacial score (nSPS) is 12.3. The molecule has 2 heteroatoms. The highest BCUT2D eigenvalue weighted by Gasteiger charge is 2.15. The van der Waals surface area contributed by atoms with Gasteiger partial charge in [-0.15, -0.1) is 0 Å². The first-order chi connectivity index (χ1) is 10.3. The molecule has 0 saturated heterocycles. The minimum absolute atomic E-state index is 0.232. The van der Waals surface area contributed by atoms with E-state index in [0.29, 0.717) is 0 Å². The Labute approximate surface area is 128 Å². The summed E-state index contributed by atoms with van der Waals surface area (Å²) in [5.41, 5.74) is 5.32. The summed E-state index contributed by atoms with van der Waals surface area (Å²) in [5, 5.41) is 3.67. The summed E-state index contributed by atoms with van der Waals surface area (Å²) >= 11 is 0. The summed E-state index contributed by atoms with van der Waals surface area (Å²) in [6.07, 6.45) is 7.31. The van der Waals surface area contributed by atoms with Gasteiger partial charge >= 0.3 is 0 Å². The Morgan fingerprint density at radius 1 is 1.14 bits per heavy atom. The van der Waals surface area contributed by atoms with Crippen LogP contribution in [0.4, 0.5) is 0 Å². The molecule has 1 heterocycles. The molecule has 0 saturated carbocycles. The van der Waals surface area contributed by atoms with Gasteiger partial charge in [-0.05, 0) is 54.6 Å². The Balaban J connectivity index is 2.36. The van der Waals surface area contributed by atoms with Crippen molar-refractivity contribution in [2.75, 3.05) is 6.54 Å². The molecule has 0 amide bonds. The third-order valence-corrected chi connectivity index (χ3v) is 3.81. The van der Waals surface area contributed by atoms with Crippen molar-refractivity contribution < 1.29 is 0 Å². The van der Waals surface area contributed by atoms with E-state index in [1.165, 1.54) is 28.7 Å². The van der Waals surface area contributed by atoms with Gasteiger partial charge < -0.3 is 5.32 Å². The van der Waals surface area contributed by atoms with Crippen molar-refractivity contribution in [3.05, 3.63) is 65.0 Å². The fourth-order valence-electron chi connectivity index (χ4n) is 2.69. The van der Waals surface area contributed by atoms with Gasteiger partial charge in [0.1, 0.15) is 0 Å². The smallest absolute Gasteiger partial charge is 0.0594 e. The van der Waals surface area contributed by atoms with E-state index in [0.717, 1.165) is 19.4 Å². The van der Waals surface area contributed by atoms with Crippen molar-refractivity contribution in [2.24, 2.45) is 0 Å². The topological polar surface area (TPSA) is 24.9 Å². The Morgan fingerprint density at radius 3 is 2.71 bits per heavy atom. The van der Waals surface area contributed by atoms with Crippen molar-refractivity contribution in [1.82, 2.24) is 10.3 Å². The van der Waals surface area contributed by atoms with Gasteiger partial charge in [-0.3, -0.25) is 4.98 Å². The van der Waals surface area contributed by atoms with Crippen molar-refractivity contribution in [3.63, 3.8) is 0 Å². The Morgan fingerprint density at radius 2 is 2.00 bits per heavy atom. The van der Waals surface area contributed by atoms with E-state index >= 15 is 0 Å². The molecule has 1 atom stereocenters. The molecule has 2 rings (SSSR count). The molecule has 2 aromatic rings. The first-order valence-electron chi connectivity index (χ1n) is 7.99. The molecule has 21 heavy (non-hydrogen) atoms. The summed E-state index contributed by atoms with van der Waals surface area (Å²) in [5.74, 6) is 0. The first-order valence-corrected chi connectivity index (χ1v) is 7.99. The van der Waals surface area contributed by atoms with Crippen molar-refractivity contribution in [1.29, 1.82) is 0 Å². The average Bonchev–Trinajstić information content (AvgIpc) is 2.50. The summed E-state index contributed by atoms with van der Waals surface area (Å²) < 4.78 is 0. The molecule has 0 spiro atoms. The molecule has 0 aliphatic heterocycles. The number of nitrogens with one attached hydrogen (secondary N) is 1. The molecule has 1 N–H and O–H groups in total. The highest BCUT2D eigenvalue weighted by Crippen LogP contribution is 2.25. The molecule has 1 unspecified atom stereocenters. The van der Waals surface area contributed by atoms with Crippen molar-refractivity contribution in [2.45, 2.75) is 46.1 Å². The lowest BCUT2D eigenvalue weighted by atomic mass is 9.94. The van der Waals surface area contributed by atoms with Crippen LogP contribution in [-0.2, 0) is 6.42 Å². The van der Waals surface area contributed by atoms with Gasteiger partial charge in [-0.1, -0.05) is 44.5 Å². The fraction of sp³-hybridized carbons (Fsp3) is 0.421. The predicted octanol–water partition coefficient (Wildman–Crippen LogP) is 4.43. The van der Waals surface area contributed by atoms with E-state index in [1.807, 2.05) is 12.4 Å².